The van der Waals surface area contributed by atoms with Crippen LogP contribution in [0.5, 0.6) is 0 Å². The third-order valence-corrected chi connectivity index (χ3v) is 4.69. The highest BCUT2D eigenvalue weighted by Crippen LogP contribution is 2.29. The normalized spacial score (nSPS) is 16.1. The molecule has 27 heavy (non-hydrogen) atoms. The van der Waals surface area contributed by atoms with Crippen LogP contribution in [0.1, 0.15) is 21.5 Å². The molecule has 0 radical (unpaired) electrons. The maximum absolute atomic E-state index is 12.6. The highest BCUT2D eigenvalue weighted by molar-refractivity contribution is 6.06. The number of alkyl halides is 3. The van der Waals surface area contributed by atoms with E-state index in [1.165, 1.54) is 24.3 Å². The lowest BCUT2D eigenvalue weighted by Gasteiger charge is -2.34. The van der Waals surface area contributed by atoms with E-state index in [9.17, 15) is 18.0 Å². The highest BCUT2D eigenvalue weighted by atomic mass is 19.4. The molecule has 142 valence electrons. The summed E-state index contributed by atoms with van der Waals surface area (Å²) in [5.74, 6) is -0.181. The first-order valence-electron chi connectivity index (χ1n) is 8.76. The van der Waals surface area contributed by atoms with E-state index in [0.29, 0.717) is 11.1 Å². The van der Waals surface area contributed by atoms with Crippen LogP contribution >= 0.6 is 0 Å². The monoisotopic (exact) mass is 374 g/mol. The van der Waals surface area contributed by atoms with Gasteiger partial charge in [-0.1, -0.05) is 18.2 Å². The molecule has 1 aliphatic heterocycles. The molecule has 3 rings (SSSR count). The number of carbonyl (C=O) groups excluding carboxylic acids is 1. The van der Waals surface area contributed by atoms with Crippen molar-refractivity contribution in [1.82, 2.24) is 4.90 Å². The number of anilines is 1. The van der Waals surface area contributed by atoms with Gasteiger partial charge < -0.3 is 9.80 Å². The average Bonchev–Trinajstić information content (AvgIpc) is 2.66. The predicted molar refractivity (Wildman–Crippen MR) is 101 cm³/mol. The average molecular weight is 374 g/mol. The number of hydrogen-bond acceptors (Lipinski definition) is 3. The summed E-state index contributed by atoms with van der Waals surface area (Å²) in [7, 11) is 2.10. The minimum Gasteiger partial charge on any atom is -0.369 e. The number of nitrogens with zero attached hydrogens (tertiary/aromatic N) is 2. The first kappa shape index (κ1) is 19.2. The molecule has 0 aromatic heterocycles. The first-order chi connectivity index (χ1) is 12.8. The predicted octanol–water partition coefficient (Wildman–Crippen LogP) is 4.35. The molecule has 0 saturated carbocycles. The minimum absolute atomic E-state index is 0.181. The summed E-state index contributed by atoms with van der Waals surface area (Å²) in [6, 6.07) is 12.2. The molecule has 0 bridgehead atoms. The van der Waals surface area contributed by atoms with Gasteiger partial charge in [-0.25, -0.2) is 0 Å². The van der Waals surface area contributed by atoms with E-state index < -0.39 is 11.7 Å². The van der Waals surface area contributed by atoms with Gasteiger partial charge in [0.25, 0.3) is 0 Å². The van der Waals surface area contributed by atoms with Gasteiger partial charge in [-0.05, 0) is 55.1 Å². The van der Waals surface area contributed by atoms with Gasteiger partial charge in [-0.3, -0.25) is 4.79 Å². The second-order valence-electron chi connectivity index (χ2n) is 6.65. The molecule has 6 heteroatoms. The lowest BCUT2D eigenvalue weighted by molar-refractivity contribution is -0.137. The molecule has 1 saturated heterocycles. The van der Waals surface area contributed by atoms with Crippen LogP contribution in [0.15, 0.2) is 54.6 Å². The van der Waals surface area contributed by atoms with Crippen LogP contribution in [0.2, 0.25) is 0 Å². The maximum Gasteiger partial charge on any atom is 0.416 e. The summed E-state index contributed by atoms with van der Waals surface area (Å²) in [6.07, 6.45) is -1.45. The van der Waals surface area contributed by atoms with Gasteiger partial charge in [0.15, 0.2) is 5.78 Å². The Labute approximate surface area is 156 Å². The summed E-state index contributed by atoms with van der Waals surface area (Å²) >= 11 is 0. The van der Waals surface area contributed by atoms with Crippen molar-refractivity contribution in [2.24, 2.45) is 0 Å². The zero-order chi connectivity index (χ0) is 19.4. The SMILES string of the molecule is CN1CCN(c2ccc(C(=O)/C=C/c3ccc(C(F)(F)F)cc3)cc2)CC1. The summed E-state index contributed by atoms with van der Waals surface area (Å²) in [5.41, 5.74) is 1.48. The van der Waals surface area contributed by atoms with Crippen molar-refractivity contribution in [3.8, 4) is 0 Å². The number of halogens is 3. The largest absolute Gasteiger partial charge is 0.416 e. The molecular weight excluding hydrogens is 353 g/mol. The van der Waals surface area contributed by atoms with Gasteiger partial charge in [-0.2, -0.15) is 13.2 Å². The van der Waals surface area contributed by atoms with E-state index >= 15 is 0 Å². The van der Waals surface area contributed by atoms with Crippen LogP contribution in [0.25, 0.3) is 6.08 Å². The molecule has 0 amide bonds. The molecule has 1 heterocycles. The number of benzene rings is 2. The van der Waals surface area contributed by atoms with E-state index in [-0.39, 0.29) is 5.78 Å². The molecule has 0 spiro atoms. The number of ketones is 1. The molecule has 0 aliphatic carbocycles. The zero-order valence-corrected chi connectivity index (χ0v) is 15.0. The van der Waals surface area contributed by atoms with Crippen molar-refractivity contribution in [2.45, 2.75) is 6.18 Å². The fourth-order valence-electron chi connectivity index (χ4n) is 2.95. The van der Waals surface area contributed by atoms with Crippen LogP contribution in [0, 0.1) is 0 Å². The Morgan fingerprint density at radius 1 is 0.926 bits per heavy atom. The maximum atomic E-state index is 12.6. The Kier molecular flexibility index (Phi) is 5.65. The fourth-order valence-corrected chi connectivity index (χ4v) is 2.95. The molecule has 0 atom stereocenters. The number of carbonyl (C=O) groups is 1. The Morgan fingerprint density at radius 2 is 1.52 bits per heavy atom. The quantitative estimate of drug-likeness (QED) is 0.587. The van der Waals surface area contributed by atoms with E-state index in [2.05, 4.69) is 16.8 Å². The summed E-state index contributed by atoms with van der Waals surface area (Å²) < 4.78 is 37.7. The van der Waals surface area contributed by atoms with Crippen molar-refractivity contribution in [3.05, 3.63) is 71.3 Å². The lowest BCUT2D eigenvalue weighted by Crippen LogP contribution is -2.44. The van der Waals surface area contributed by atoms with Crippen LogP contribution < -0.4 is 4.90 Å². The number of allylic oxidation sites excluding steroid dienone is 1. The smallest absolute Gasteiger partial charge is 0.369 e. The van der Waals surface area contributed by atoms with Gasteiger partial charge >= 0.3 is 6.18 Å². The molecule has 3 nitrogen and oxygen atoms in total. The van der Waals surface area contributed by atoms with Crippen molar-refractivity contribution < 1.29 is 18.0 Å². The summed E-state index contributed by atoms with van der Waals surface area (Å²) in [6.45, 7) is 3.93. The minimum atomic E-state index is -4.36. The Bertz CT molecular complexity index is 803. The summed E-state index contributed by atoms with van der Waals surface area (Å²) in [5, 5.41) is 0. The van der Waals surface area contributed by atoms with Crippen LogP contribution in [0.4, 0.5) is 18.9 Å². The molecule has 0 unspecified atom stereocenters. The number of hydrogen-bond donors (Lipinski definition) is 0. The van der Waals surface area contributed by atoms with Crippen molar-refractivity contribution >= 4 is 17.5 Å². The standard InChI is InChI=1S/C21H21F3N2O/c1-25-12-14-26(15-13-25)19-9-5-17(6-10-19)20(27)11-4-16-2-7-18(8-3-16)21(22,23)24/h2-11H,12-15H2,1H3/b11-4+. The number of rotatable bonds is 4. The van der Waals surface area contributed by atoms with E-state index in [1.807, 2.05) is 12.1 Å². The number of piperazine rings is 1. The number of likely N-dealkylation sites (N-methyl/N-ethyl adjacent to an activating group) is 1. The van der Waals surface area contributed by atoms with Crippen LogP contribution in [0.3, 0.4) is 0 Å². The zero-order valence-electron chi connectivity index (χ0n) is 15.0. The highest BCUT2D eigenvalue weighted by Gasteiger charge is 2.29. The Morgan fingerprint density at radius 3 is 2.07 bits per heavy atom. The topological polar surface area (TPSA) is 23.6 Å². The molecule has 2 aromatic rings. The van der Waals surface area contributed by atoms with E-state index in [1.54, 1.807) is 12.1 Å². The molecule has 1 fully saturated rings. The third-order valence-electron chi connectivity index (χ3n) is 4.69. The van der Waals surface area contributed by atoms with Crippen LogP contribution in [-0.2, 0) is 6.18 Å². The fraction of sp³-hybridized carbons (Fsp3) is 0.286. The summed E-state index contributed by atoms with van der Waals surface area (Å²) in [4.78, 5) is 16.8. The van der Waals surface area contributed by atoms with Gasteiger partial charge in [-0.15, -0.1) is 0 Å². The van der Waals surface area contributed by atoms with Gasteiger partial charge in [0.1, 0.15) is 0 Å². The second kappa shape index (κ2) is 7.96. The Balaban J connectivity index is 1.63. The van der Waals surface area contributed by atoms with Crippen molar-refractivity contribution in [2.75, 3.05) is 38.1 Å². The molecule has 2 aromatic carbocycles. The Hall–Kier alpha value is -2.60. The van der Waals surface area contributed by atoms with Gasteiger partial charge in [0, 0.05) is 37.4 Å². The van der Waals surface area contributed by atoms with Crippen molar-refractivity contribution in [3.63, 3.8) is 0 Å². The van der Waals surface area contributed by atoms with Crippen LogP contribution in [-0.4, -0.2) is 43.9 Å². The first-order valence-corrected chi connectivity index (χ1v) is 8.76. The van der Waals surface area contributed by atoms with E-state index in [4.69, 9.17) is 0 Å². The van der Waals surface area contributed by atoms with Gasteiger partial charge in [0.05, 0.1) is 5.56 Å². The second-order valence-corrected chi connectivity index (χ2v) is 6.65. The lowest BCUT2D eigenvalue weighted by atomic mass is 10.1. The van der Waals surface area contributed by atoms with Crippen molar-refractivity contribution in [1.29, 1.82) is 0 Å². The molecular formula is C21H21F3N2O. The van der Waals surface area contributed by atoms with Gasteiger partial charge in [0.2, 0.25) is 0 Å². The third kappa shape index (κ3) is 4.98. The van der Waals surface area contributed by atoms with E-state index in [0.717, 1.165) is 44.0 Å². The molecule has 1 aliphatic rings. The molecule has 0 N–H and O–H groups in total.